The fraction of sp³-hybridized carbons (Fsp3) is 0.235. The zero-order valence-corrected chi connectivity index (χ0v) is 16.0. The number of rotatable bonds is 4. The van der Waals surface area contributed by atoms with E-state index in [2.05, 4.69) is 46.6 Å². The molecule has 5 nitrogen and oxygen atoms in total. The maximum absolute atomic E-state index is 12.2. The number of halogens is 1. The summed E-state index contributed by atoms with van der Waals surface area (Å²) in [5.74, 6) is 0.00989. The van der Waals surface area contributed by atoms with Crippen molar-refractivity contribution in [2.75, 3.05) is 0 Å². The second kappa shape index (κ2) is 6.94. The second-order valence-electron chi connectivity index (χ2n) is 6.33. The van der Waals surface area contributed by atoms with Gasteiger partial charge in [-0.15, -0.1) is 0 Å². The summed E-state index contributed by atoms with van der Waals surface area (Å²) in [6, 6.07) is 11.5. The quantitative estimate of drug-likeness (QED) is 0.594. The van der Waals surface area contributed by atoms with Crippen LogP contribution in [-0.2, 0) is 15.4 Å². The Labute approximate surface area is 150 Å². The van der Waals surface area contributed by atoms with E-state index >= 15 is 0 Å². The van der Waals surface area contributed by atoms with Crippen LogP contribution in [0.3, 0.4) is 0 Å². The van der Waals surface area contributed by atoms with Gasteiger partial charge in [0.2, 0.25) is 0 Å². The van der Waals surface area contributed by atoms with Gasteiger partial charge in [-0.1, -0.05) is 48.8 Å². The van der Waals surface area contributed by atoms with E-state index in [-0.39, 0.29) is 16.1 Å². The minimum Gasteiger partial charge on any atom is -0.507 e. The molecule has 0 saturated heterocycles. The maximum atomic E-state index is 12.2. The topological polar surface area (TPSA) is 78.8 Å². The average Bonchev–Trinajstić information content (AvgIpc) is 2.50. The first-order chi connectivity index (χ1) is 11.1. The van der Waals surface area contributed by atoms with Crippen molar-refractivity contribution in [3.05, 3.63) is 58.1 Å². The van der Waals surface area contributed by atoms with Crippen molar-refractivity contribution in [1.82, 2.24) is 4.83 Å². The normalized spacial score (nSPS) is 12.5. The van der Waals surface area contributed by atoms with Crippen molar-refractivity contribution >= 4 is 32.2 Å². The van der Waals surface area contributed by atoms with E-state index in [1.165, 1.54) is 12.3 Å². The highest BCUT2D eigenvalue weighted by Crippen LogP contribution is 2.23. The molecule has 0 bridgehead atoms. The summed E-state index contributed by atoms with van der Waals surface area (Å²) in [7, 11) is -3.76. The van der Waals surface area contributed by atoms with Crippen molar-refractivity contribution in [3.63, 3.8) is 0 Å². The summed E-state index contributed by atoms with van der Waals surface area (Å²) in [6.45, 7) is 6.18. The van der Waals surface area contributed by atoms with E-state index < -0.39 is 10.0 Å². The van der Waals surface area contributed by atoms with Crippen molar-refractivity contribution in [3.8, 4) is 5.75 Å². The highest BCUT2D eigenvalue weighted by molar-refractivity contribution is 9.10. The molecule has 0 unspecified atom stereocenters. The lowest BCUT2D eigenvalue weighted by molar-refractivity contribution is 0.474. The van der Waals surface area contributed by atoms with Crippen LogP contribution in [0.1, 0.15) is 31.9 Å². The Hall–Kier alpha value is -1.86. The number of aromatic hydroxyl groups is 1. The number of hydrogen-bond acceptors (Lipinski definition) is 4. The molecule has 0 aliphatic rings. The molecule has 0 fully saturated rings. The Kier molecular flexibility index (Phi) is 5.35. The van der Waals surface area contributed by atoms with Gasteiger partial charge < -0.3 is 5.11 Å². The largest absolute Gasteiger partial charge is 0.507 e. The van der Waals surface area contributed by atoms with Crippen molar-refractivity contribution < 1.29 is 13.5 Å². The summed E-state index contributed by atoms with van der Waals surface area (Å²) in [5, 5.41) is 13.4. The summed E-state index contributed by atoms with van der Waals surface area (Å²) >= 11 is 3.28. The summed E-state index contributed by atoms with van der Waals surface area (Å²) in [4.78, 5) is 2.27. The lowest BCUT2D eigenvalue weighted by Gasteiger charge is -2.19. The molecule has 0 spiro atoms. The van der Waals surface area contributed by atoms with E-state index in [1.54, 1.807) is 36.4 Å². The fourth-order valence-electron chi connectivity index (χ4n) is 1.98. The summed E-state index contributed by atoms with van der Waals surface area (Å²) in [6.07, 6.45) is 1.25. The number of phenolic OH excluding ortho intramolecular Hbond substituents is 1. The molecule has 0 aromatic heterocycles. The molecule has 0 heterocycles. The Bertz CT molecular complexity index is 854. The Morgan fingerprint density at radius 1 is 1.12 bits per heavy atom. The van der Waals surface area contributed by atoms with Gasteiger partial charge in [-0.05, 0) is 41.3 Å². The van der Waals surface area contributed by atoms with Crippen molar-refractivity contribution in [2.45, 2.75) is 31.1 Å². The molecule has 24 heavy (non-hydrogen) atoms. The fourth-order valence-corrected chi connectivity index (χ4v) is 3.15. The number of benzene rings is 2. The van der Waals surface area contributed by atoms with Crippen LogP contribution in [0.5, 0.6) is 5.75 Å². The molecule has 7 heteroatoms. The smallest absolute Gasteiger partial charge is 0.276 e. The van der Waals surface area contributed by atoms with Gasteiger partial charge in [0.25, 0.3) is 10.0 Å². The van der Waals surface area contributed by atoms with Gasteiger partial charge in [0.1, 0.15) is 5.75 Å². The monoisotopic (exact) mass is 410 g/mol. The number of nitrogens with zero attached hydrogens (tertiary/aromatic N) is 1. The highest BCUT2D eigenvalue weighted by atomic mass is 79.9. The molecule has 0 aliphatic carbocycles. The molecule has 2 aromatic carbocycles. The van der Waals surface area contributed by atoms with Crippen LogP contribution in [0.4, 0.5) is 0 Å². The molecular formula is C17H19BrN2O3S. The molecule has 0 aliphatic heterocycles. The summed E-state index contributed by atoms with van der Waals surface area (Å²) in [5.41, 5.74) is 1.39. The molecule has 2 N–H and O–H groups in total. The zero-order valence-electron chi connectivity index (χ0n) is 13.6. The number of nitrogens with one attached hydrogen (secondary N) is 1. The van der Waals surface area contributed by atoms with Crippen LogP contribution in [0.25, 0.3) is 0 Å². The van der Waals surface area contributed by atoms with Crippen LogP contribution >= 0.6 is 15.9 Å². The van der Waals surface area contributed by atoms with Gasteiger partial charge in [0, 0.05) is 10.0 Å². The molecular weight excluding hydrogens is 392 g/mol. The van der Waals surface area contributed by atoms with Gasteiger partial charge in [-0.25, -0.2) is 4.83 Å². The van der Waals surface area contributed by atoms with E-state index in [0.29, 0.717) is 5.56 Å². The van der Waals surface area contributed by atoms with Crippen molar-refractivity contribution in [2.24, 2.45) is 5.10 Å². The second-order valence-corrected chi connectivity index (χ2v) is 8.91. The first kappa shape index (κ1) is 18.5. The molecule has 0 radical (unpaired) electrons. The third-order valence-corrected chi connectivity index (χ3v) is 5.13. The Balaban J connectivity index is 2.16. The van der Waals surface area contributed by atoms with Gasteiger partial charge in [-0.3, -0.25) is 0 Å². The van der Waals surface area contributed by atoms with Crippen LogP contribution in [0.15, 0.2) is 56.9 Å². The third kappa shape index (κ3) is 4.58. The number of hydrogen-bond donors (Lipinski definition) is 2. The number of sulfonamides is 1. The van der Waals surface area contributed by atoms with Crippen LogP contribution in [-0.4, -0.2) is 19.7 Å². The zero-order chi connectivity index (χ0) is 18.0. The van der Waals surface area contributed by atoms with E-state index in [4.69, 9.17) is 0 Å². The molecule has 128 valence electrons. The number of phenols is 1. The van der Waals surface area contributed by atoms with Gasteiger partial charge >= 0.3 is 0 Å². The van der Waals surface area contributed by atoms with E-state index in [1.807, 2.05) is 0 Å². The van der Waals surface area contributed by atoms with Crippen LogP contribution in [0, 0.1) is 0 Å². The minimum absolute atomic E-state index is 0.00989. The third-order valence-electron chi connectivity index (χ3n) is 3.40. The minimum atomic E-state index is -3.76. The standard InChI is InChI=1S/C17H19BrN2O3S/c1-17(2,3)13-4-7-15(8-5-13)24(22,23)20-19-11-12-10-14(18)6-9-16(12)21/h4-11,20-21H,1-3H3/b19-11-. The van der Waals surface area contributed by atoms with E-state index in [9.17, 15) is 13.5 Å². The lowest BCUT2D eigenvalue weighted by Crippen LogP contribution is -2.19. The molecule has 2 rings (SSSR count). The van der Waals surface area contributed by atoms with Gasteiger partial charge in [0.05, 0.1) is 11.1 Å². The van der Waals surface area contributed by atoms with Crippen LogP contribution in [0.2, 0.25) is 0 Å². The first-order valence-electron chi connectivity index (χ1n) is 7.23. The average molecular weight is 411 g/mol. The van der Waals surface area contributed by atoms with Gasteiger partial charge in [-0.2, -0.15) is 13.5 Å². The first-order valence-corrected chi connectivity index (χ1v) is 9.51. The maximum Gasteiger partial charge on any atom is 0.276 e. The molecule has 0 atom stereocenters. The van der Waals surface area contributed by atoms with Crippen LogP contribution < -0.4 is 4.83 Å². The number of hydrazone groups is 1. The Morgan fingerprint density at radius 3 is 2.33 bits per heavy atom. The highest BCUT2D eigenvalue weighted by Gasteiger charge is 2.17. The van der Waals surface area contributed by atoms with Crippen molar-refractivity contribution in [1.29, 1.82) is 0 Å². The van der Waals surface area contributed by atoms with Gasteiger partial charge in [0.15, 0.2) is 0 Å². The Morgan fingerprint density at radius 2 is 1.75 bits per heavy atom. The molecule has 0 amide bonds. The molecule has 0 saturated carbocycles. The predicted molar refractivity (Wildman–Crippen MR) is 98.9 cm³/mol. The summed E-state index contributed by atoms with van der Waals surface area (Å²) < 4.78 is 25.2. The SMILES string of the molecule is CC(C)(C)c1ccc(S(=O)(=O)N/N=C\c2cc(Br)ccc2O)cc1. The predicted octanol–water partition coefficient (Wildman–Crippen LogP) is 3.76. The molecule has 2 aromatic rings. The van der Waals surface area contributed by atoms with E-state index in [0.717, 1.165) is 10.0 Å². The lowest BCUT2D eigenvalue weighted by atomic mass is 9.87.